The molecular formula is C27H26BFN2. The van der Waals surface area contributed by atoms with Gasteiger partial charge in [-0.1, -0.05) is 86.0 Å². The van der Waals surface area contributed by atoms with Gasteiger partial charge in [-0.15, -0.1) is 0 Å². The van der Waals surface area contributed by atoms with Crippen molar-refractivity contribution in [3.05, 3.63) is 131 Å². The zero-order valence-corrected chi connectivity index (χ0v) is 17.8. The fraction of sp³-hybridized carbons (Fsp3) is 0.148. The highest BCUT2D eigenvalue weighted by Gasteiger charge is 2.03. The maximum atomic E-state index is 13.2. The van der Waals surface area contributed by atoms with Gasteiger partial charge >= 0.3 is 0 Å². The van der Waals surface area contributed by atoms with Crippen molar-refractivity contribution in [2.75, 3.05) is 0 Å². The summed E-state index contributed by atoms with van der Waals surface area (Å²) in [4.78, 5) is 7.13. The van der Waals surface area contributed by atoms with Gasteiger partial charge in [0.2, 0.25) is 0 Å². The number of H-pyrrole nitrogens is 1. The number of rotatable bonds is 6. The quantitative estimate of drug-likeness (QED) is 0.367. The highest BCUT2D eigenvalue weighted by molar-refractivity contribution is 6.10. The van der Waals surface area contributed by atoms with Crippen LogP contribution in [0.4, 0.5) is 4.39 Å². The van der Waals surface area contributed by atoms with Gasteiger partial charge < -0.3 is 4.98 Å². The predicted octanol–water partition coefficient (Wildman–Crippen LogP) is 6.41. The van der Waals surface area contributed by atoms with Crippen molar-refractivity contribution in [2.45, 2.75) is 26.1 Å². The van der Waals surface area contributed by atoms with E-state index in [2.05, 4.69) is 40.3 Å². The van der Waals surface area contributed by atoms with Crippen molar-refractivity contribution >= 4 is 13.4 Å². The molecule has 2 nitrogen and oxygen atoms in total. The maximum Gasteiger partial charge on any atom is 0.123 e. The number of hydrogen-bond acceptors (Lipinski definition) is 1. The highest BCUT2D eigenvalue weighted by atomic mass is 19.1. The first kappa shape index (κ1) is 22.3. The first-order valence-corrected chi connectivity index (χ1v) is 10.5. The topological polar surface area (TPSA) is 28.7 Å². The standard InChI is InChI=1S/C15H13B.C12H13FN2/c16-12-11-15(13-7-3-1-4-8-13)14-9-5-2-6-10-14;1-2-9-5-10(7-11(13)6-9)8-12-14-3-4-15-12/h1-11H,12H2;3-7H,2,8H2,1H3,(H,14,15). The Bertz CT molecular complexity index is 1030. The summed E-state index contributed by atoms with van der Waals surface area (Å²) in [6.45, 7) is 2.02. The highest BCUT2D eigenvalue weighted by Crippen LogP contribution is 2.23. The molecule has 4 aromatic rings. The molecule has 2 radical (unpaired) electrons. The van der Waals surface area contributed by atoms with Gasteiger partial charge in [0.25, 0.3) is 0 Å². The summed E-state index contributed by atoms with van der Waals surface area (Å²) in [5.74, 6) is 0.693. The average molecular weight is 408 g/mol. The lowest BCUT2D eigenvalue weighted by molar-refractivity contribution is 0.623. The van der Waals surface area contributed by atoms with E-state index in [0.29, 0.717) is 12.7 Å². The summed E-state index contributed by atoms with van der Waals surface area (Å²) in [6.07, 6.45) is 7.59. The Labute approximate surface area is 185 Å². The Kier molecular flexibility index (Phi) is 8.42. The number of aryl methyl sites for hydroxylation is 1. The van der Waals surface area contributed by atoms with Crippen LogP contribution in [0.15, 0.2) is 97.3 Å². The summed E-state index contributed by atoms with van der Waals surface area (Å²) < 4.78 is 13.2. The lowest BCUT2D eigenvalue weighted by Gasteiger charge is -2.07. The molecule has 1 heterocycles. The first-order valence-electron chi connectivity index (χ1n) is 10.5. The zero-order chi connectivity index (χ0) is 21.9. The Balaban J connectivity index is 0.000000176. The number of halogens is 1. The van der Waals surface area contributed by atoms with Gasteiger partial charge in [-0.2, -0.15) is 0 Å². The molecule has 0 atom stereocenters. The van der Waals surface area contributed by atoms with Crippen LogP contribution in [-0.4, -0.2) is 17.8 Å². The van der Waals surface area contributed by atoms with E-state index in [1.165, 1.54) is 16.7 Å². The molecule has 4 rings (SSSR count). The monoisotopic (exact) mass is 408 g/mol. The molecule has 0 bridgehead atoms. The first-order chi connectivity index (χ1) is 15.2. The van der Waals surface area contributed by atoms with E-state index in [0.717, 1.165) is 23.4 Å². The molecular weight excluding hydrogens is 382 g/mol. The van der Waals surface area contributed by atoms with Crippen LogP contribution in [0.2, 0.25) is 6.32 Å². The predicted molar refractivity (Wildman–Crippen MR) is 128 cm³/mol. The van der Waals surface area contributed by atoms with Crippen LogP contribution in [0.5, 0.6) is 0 Å². The fourth-order valence-corrected chi connectivity index (χ4v) is 3.37. The summed E-state index contributed by atoms with van der Waals surface area (Å²) >= 11 is 0. The third kappa shape index (κ3) is 6.82. The van der Waals surface area contributed by atoms with Crippen LogP contribution < -0.4 is 0 Å². The number of hydrogen-bond donors (Lipinski definition) is 1. The van der Waals surface area contributed by atoms with Crippen molar-refractivity contribution in [3.8, 4) is 0 Å². The molecule has 0 aliphatic rings. The number of aromatic nitrogens is 2. The van der Waals surface area contributed by atoms with Gasteiger partial charge in [-0.25, -0.2) is 9.37 Å². The Hall–Kier alpha value is -3.40. The lowest BCUT2D eigenvalue weighted by atomic mass is 9.93. The molecule has 154 valence electrons. The van der Waals surface area contributed by atoms with E-state index in [-0.39, 0.29) is 5.82 Å². The SMILES string of the molecule is CCc1cc(F)cc(Cc2ncc[nH]2)c1.[B]CC=C(c1ccccc1)c1ccccc1. The molecule has 4 heteroatoms. The van der Waals surface area contributed by atoms with Gasteiger partial charge in [-0.3, -0.25) is 0 Å². The van der Waals surface area contributed by atoms with Gasteiger partial charge in [0.15, 0.2) is 0 Å². The van der Waals surface area contributed by atoms with E-state index >= 15 is 0 Å². The molecule has 0 saturated carbocycles. The van der Waals surface area contributed by atoms with Gasteiger partial charge in [0, 0.05) is 18.8 Å². The van der Waals surface area contributed by atoms with E-state index in [9.17, 15) is 4.39 Å². The Morgan fingerprint density at radius 1 is 0.935 bits per heavy atom. The molecule has 1 N–H and O–H groups in total. The largest absolute Gasteiger partial charge is 0.348 e. The molecule has 31 heavy (non-hydrogen) atoms. The number of allylic oxidation sites excluding steroid dienone is 1. The number of nitrogens with zero attached hydrogens (tertiary/aromatic N) is 1. The van der Waals surface area contributed by atoms with Crippen LogP contribution in [0.3, 0.4) is 0 Å². The average Bonchev–Trinajstić information content (AvgIpc) is 3.31. The molecule has 0 aliphatic heterocycles. The third-order valence-electron chi connectivity index (χ3n) is 4.84. The molecule has 0 spiro atoms. The zero-order valence-electron chi connectivity index (χ0n) is 17.8. The molecule has 0 fully saturated rings. The number of nitrogens with one attached hydrogen (secondary N) is 1. The summed E-state index contributed by atoms with van der Waals surface area (Å²) in [5.41, 5.74) is 5.60. The van der Waals surface area contributed by atoms with Crippen molar-refractivity contribution in [1.29, 1.82) is 0 Å². The van der Waals surface area contributed by atoms with E-state index in [4.69, 9.17) is 7.85 Å². The van der Waals surface area contributed by atoms with Crippen molar-refractivity contribution < 1.29 is 4.39 Å². The maximum absolute atomic E-state index is 13.2. The molecule has 0 saturated heterocycles. The minimum atomic E-state index is -0.170. The minimum absolute atomic E-state index is 0.170. The summed E-state index contributed by atoms with van der Waals surface area (Å²) in [5, 5.41) is 0. The molecule has 0 amide bonds. The Morgan fingerprint density at radius 2 is 1.55 bits per heavy atom. The fourth-order valence-electron chi connectivity index (χ4n) is 3.37. The van der Waals surface area contributed by atoms with Crippen LogP contribution >= 0.6 is 0 Å². The number of aromatic amines is 1. The Morgan fingerprint density at radius 3 is 2.06 bits per heavy atom. The minimum Gasteiger partial charge on any atom is -0.348 e. The van der Waals surface area contributed by atoms with Gasteiger partial charge in [0.05, 0.1) is 7.85 Å². The van der Waals surface area contributed by atoms with Crippen LogP contribution in [0.25, 0.3) is 5.57 Å². The smallest absolute Gasteiger partial charge is 0.123 e. The summed E-state index contributed by atoms with van der Waals surface area (Å²) in [6, 6.07) is 25.8. The summed E-state index contributed by atoms with van der Waals surface area (Å²) in [7, 11) is 5.63. The van der Waals surface area contributed by atoms with Crippen LogP contribution in [-0.2, 0) is 12.8 Å². The van der Waals surface area contributed by atoms with E-state index < -0.39 is 0 Å². The van der Waals surface area contributed by atoms with E-state index in [1.54, 1.807) is 24.5 Å². The van der Waals surface area contributed by atoms with Crippen LogP contribution in [0.1, 0.15) is 35.0 Å². The van der Waals surface area contributed by atoms with Crippen molar-refractivity contribution in [3.63, 3.8) is 0 Å². The van der Waals surface area contributed by atoms with Gasteiger partial charge in [-0.05, 0) is 46.4 Å². The number of imidazole rings is 1. The third-order valence-corrected chi connectivity index (χ3v) is 4.84. The van der Waals surface area contributed by atoms with Crippen LogP contribution in [0, 0.1) is 5.82 Å². The van der Waals surface area contributed by atoms with E-state index in [1.807, 2.05) is 49.4 Å². The molecule has 3 aromatic carbocycles. The second kappa shape index (κ2) is 11.7. The van der Waals surface area contributed by atoms with Gasteiger partial charge in [0.1, 0.15) is 11.6 Å². The second-order valence-corrected chi connectivity index (χ2v) is 7.12. The normalized spacial score (nSPS) is 10.1. The second-order valence-electron chi connectivity index (χ2n) is 7.12. The lowest BCUT2D eigenvalue weighted by Crippen LogP contribution is -1.94. The molecule has 0 unspecified atom stereocenters. The molecule has 0 aliphatic carbocycles. The number of benzene rings is 3. The molecule has 1 aromatic heterocycles. The van der Waals surface area contributed by atoms with Crippen molar-refractivity contribution in [1.82, 2.24) is 9.97 Å². The van der Waals surface area contributed by atoms with Crippen molar-refractivity contribution in [2.24, 2.45) is 0 Å².